The molecular weight excluding hydrogens is 885 g/mol. The molecule has 408 valence electrons. The fourth-order valence-corrected chi connectivity index (χ4v) is 10.9. The van der Waals surface area contributed by atoms with Crippen molar-refractivity contribution < 1.29 is 33.3 Å². The van der Waals surface area contributed by atoms with Crippen LogP contribution >= 0.6 is 0 Å². The zero-order valence-corrected chi connectivity index (χ0v) is 48.4. The maximum Gasteiger partial charge on any atom is 0.325 e. The van der Waals surface area contributed by atoms with Crippen LogP contribution < -0.4 is 24.8 Å². The third-order valence-electron chi connectivity index (χ3n) is 13.2. The Kier molecular flexibility index (Phi) is 26.9. The first kappa shape index (κ1) is 63.3. The zero-order valence-electron chi connectivity index (χ0n) is 48.4. The van der Waals surface area contributed by atoms with Gasteiger partial charge < -0.3 is 34.3 Å². The molecule has 0 aromatic carbocycles. The van der Waals surface area contributed by atoms with E-state index in [0.29, 0.717) is 68.9 Å². The molecule has 0 unspecified atom stereocenters. The number of hydrogen-bond donors (Lipinski definition) is 2. The van der Waals surface area contributed by atoms with Crippen LogP contribution in [0.1, 0.15) is 216 Å². The van der Waals surface area contributed by atoms with Crippen molar-refractivity contribution in [1.29, 1.82) is 0 Å². The normalized spacial score (nSPS) is 18.1. The van der Waals surface area contributed by atoms with Crippen LogP contribution in [0.25, 0.3) is 0 Å². The summed E-state index contributed by atoms with van der Waals surface area (Å²) in [7, 11) is 0. The lowest BCUT2D eigenvalue weighted by atomic mass is 9.81. The summed E-state index contributed by atoms with van der Waals surface area (Å²) in [6, 6.07) is 3.28. The maximum atomic E-state index is 12.3. The summed E-state index contributed by atoms with van der Waals surface area (Å²) in [6.07, 6.45) is 10.4. The van der Waals surface area contributed by atoms with Gasteiger partial charge in [-0.3, -0.25) is 24.3 Å². The molecule has 15 heteroatoms. The second-order valence-corrected chi connectivity index (χ2v) is 24.5. The summed E-state index contributed by atoms with van der Waals surface area (Å²) in [5.74, 6) is -0.129. The Hall–Kier alpha value is -2.85. The van der Waals surface area contributed by atoms with Gasteiger partial charge in [0.15, 0.2) is 0 Å². The predicted octanol–water partition coefficient (Wildman–Crippen LogP) is 10.2. The van der Waals surface area contributed by atoms with Crippen molar-refractivity contribution in [3.05, 3.63) is 0 Å². The van der Waals surface area contributed by atoms with Gasteiger partial charge in [-0.15, -0.1) is 15.0 Å². The van der Waals surface area contributed by atoms with Crippen LogP contribution in [0.15, 0.2) is 0 Å². The van der Waals surface area contributed by atoms with Gasteiger partial charge >= 0.3 is 30.0 Å². The van der Waals surface area contributed by atoms with Gasteiger partial charge in [-0.2, -0.15) is 0 Å². The van der Waals surface area contributed by atoms with E-state index in [2.05, 4.69) is 179 Å². The van der Waals surface area contributed by atoms with Gasteiger partial charge in [-0.25, -0.2) is 0 Å². The first-order valence-corrected chi connectivity index (χ1v) is 27.3. The standard InChI is InChI=1S/C28H52N2O4.C27H54N6O3/c1-25(2)17-21(18-26(3,4)29-25)33-23(31)15-13-11-9-10-12-14-16-24(32)34-22-19-27(5,6)30-28(7,8)20-22;1-19(2)31(20(3)4)13-16-34-25-28-26(35-17-14-32(21(5)6)22(7)8)30-27(29-25)36-18-15-33(23(9)10)24(11)12/h21-22,29-30H,9-20H2,1-8H3;19-24H,13-18H2,1-12H3. The van der Waals surface area contributed by atoms with Crippen molar-refractivity contribution in [1.82, 2.24) is 40.3 Å². The summed E-state index contributed by atoms with van der Waals surface area (Å²) in [6.45, 7) is 47.4. The van der Waals surface area contributed by atoms with E-state index in [-0.39, 0.29) is 64.3 Å². The maximum absolute atomic E-state index is 12.3. The number of carbonyl (C=O) groups excluding carboxylic acids is 2. The van der Waals surface area contributed by atoms with E-state index < -0.39 is 0 Å². The second-order valence-electron chi connectivity index (χ2n) is 24.5. The van der Waals surface area contributed by atoms with Crippen molar-refractivity contribution in [3.63, 3.8) is 0 Å². The van der Waals surface area contributed by atoms with Crippen LogP contribution in [0.5, 0.6) is 18.0 Å². The van der Waals surface area contributed by atoms with E-state index in [0.717, 1.165) is 83.8 Å². The topological polar surface area (TPSA) is 153 Å². The minimum atomic E-state index is -0.0643. The Morgan fingerprint density at radius 2 is 0.671 bits per heavy atom. The number of nitrogens with zero attached hydrogens (tertiary/aromatic N) is 6. The molecule has 0 radical (unpaired) electrons. The highest BCUT2D eigenvalue weighted by atomic mass is 16.6. The first-order chi connectivity index (χ1) is 32.4. The molecule has 3 rings (SSSR count). The molecule has 0 bridgehead atoms. The van der Waals surface area contributed by atoms with Crippen LogP contribution in [0.3, 0.4) is 0 Å². The van der Waals surface area contributed by atoms with E-state index in [1.165, 1.54) is 0 Å². The van der Waals surface area contributed by atoms with Gasteiger partial charge in [0, 0.05) is 117 Å². The molecular formula is C55H106N8O7. The Balaban J connectivity index is 0.000000481. The number of esters is 2. The molecule has 0 atom stereocenters. The Labute approximate surface area is 427 Å². The van der Waals surface area contributed by atoms with E-state index in [4.69, 9.17) is 23.7 Å². The molecule has 3 heterocycles. The number of rotatable bonds is 29. The number of ether oxygens (including phenoxy) is 5. The molecule has 2 saturated heterocycles. The van der Waals surface area contributed by atoms with Gasteiger partial charge in [0.25, 0.3) is 0 Å². The number of carbonyl (C=O) groups is 2. The number of hydrogen-bond acceptors (Lipinski definition) is 15. The quantitative estimate of drug-likeness (QED) is 0.0578. The molecule has 1 aromatic rings. The molecule has 1 aromatic heterocycles. The molecule has 15 nitrogen and oxygen atoms in total. The number of unbranched alkanes of at least 4 members (excludes halogenated alkanes) is 5. The number of aromatic nitrogens is 3. The molecule has 0 saturated carbocycles. The predicted molar refractivity (Wildman–Crippen MR) is 285 cm³/mol. The molecule has 2 N–H and O–H groups in total. The highest BCUT2D eigenvalue weighted by Crippen LogP contribution is 2.32. The lowest BCUT2D eigenvalue weighted by Crippen LogP contribution is -2.59. The summed E-state index contributed by atoms with van der Waals surface area (Å²) in [5.41, 5.74) is -0.0559. The third kappa shape index (κ3) is 25.7. The zero-order chi connectivity index (χ0) is 53.0. The van der Waals surface area contributed by atoms with Gasteiger partial charge in [0.05, 0.1) is 0 Å². The summed E-state index contributed by atoms with van der Waals surface area (Å²) >= 11 is 0. The largest absolute Gasteiger partial charge is 0.462 e. The molecule has 0 amide bonds. The molecule has 70 heavy (non-hydrogen) atoms. The van der Waals surface area contributed by atoms with Crippen molar-refractivity contribution in [2.45, 2.75) is 286 Å². The SMILES string of the molecule is CC(C)N(CCOc1nc(OCCN(C(C)C)C(C)C)nc(OCCN(C(C)C)C(C)C)n1)C(C)C.CC1(C)CC(OC(=O)CCCCCCCCC(=O)OC2CC(C)(C)NC(C)(C)C2)CC(C)(C)N1. The van der Waals surface area contributed by atoms with Crippen LogP contribution in [0.2, 0.25) is 0 Å². The van der Waals surface area contributed by atoms with Gasteiger partial charge in [0.2, 0.25) is 0 Å². The minimum Gasteiger partial charge on any atom is -0.462 e. The molecule has 0 aliphatic carbocycles. The van der Waals surface area contributed by atoms with Gasteiger partial charge in [-0.05, 0) is 151 Å². The van der Waals surface area contributed by atoms with Crippen molar-refractivity contribution in [3.8, 4) is 18.0 Å². The lowest BCUT2D eigenvalue weighted by Gasteiger charge is -2.46. The van der Waals surface area contributed by atoms with Crippen molar-refractivity contribution in [2.24, 2.45) is 0 Å². The average molecular weight is 992 g/mol. The Bertz CT molecular complexity index is 1430. The highest BCUT2D eigenvalue weighted by Gasteiger charge is 2.40. The van der Waals surface area contributed by atoms with Crippen LogP contribution in [0.4, 0.5) is 0 Å². The van der Waals surface area contributed by atoms with Crippen LogP contribution in [-0.2, 0) is 19.1 Å². The second kappa shape index (κ2) is 29.7. The monoisotopic (exact) mass is 991 g/mol. The van der Waals surface area contributed by atoms with Gasteiger partial charge in [-0.1, -0.05) is 25.7 Å². The molecule has 2 aliphatic rings. The van der Waals surface area contributed by atoms with E-state index in [1.807, 2.05) is 0 Å². The van der Waals surface area contributed by atoms with Gasteiger partial charge in [0.1, 0.15) is 32.0 Å². The molecule has 2 fully saturated rings. The fraction of sp³-hybridized carbons (Fsp3) is 0.909. The van der Waals surface area contributed by atoms with Crippen LogP contribution in [0, 0.1) is 0 Å². The summed E-state index contributed by atoms with van der Waals surface area (Å²) < 4.78 is 29.4. The lowest BCUT2D eigenvalue weighted by molar-refractivity contribution is -0.154. The fourth-order valence-electron chi connectivity index (χ4n) is 10.9. The minimum absolute atomic E-state index is 0.000484. The summed E-state index contributed by atoms with van der Waals surface area (Å²) in [5, 5.41) is 7.25. The average Bonchev–Trinajstić information content (AvgIpc) is 3.17. The Morgan fingerprint density at radius 1 is 0.443 bits per heavy atom. The number of nitrogens with one attached hydrogen (secondary N) is 2. The first-order valence-electron chi connectivity index (χ1n) is 27.3. The smallest absolute Gasteiger partial charge is 0.325 e. The third-order valence-corrected chi connectivity index (χ3v) is 13.2. The molecule has 2 aliphatic heterocycles. The van der Waals surface area contributed by atoms with Crippen molar-refractivity contribution in [2.75, 3.05) is 39.5 Å². The Morgan fingerprint density at radius 3 is 0.900 bits per heavy atom. The highest BCUT2D eigenvalue weighted by molar-refractivity contribution is 5.70. The van der Waals surface area contributed by atoms with Crippen molar-refractivity contribution >= 4 is 11.9 Å². The summed E-state index contributed by atoms with van der Waals surface area (Å²) in [4.78, 5) is 44.9. The van der Waals surface area contributed by atoms with E-state index in [9.17, 15) is 9.59 Å². The van der Waals surface area contributed by atoms with E-state index in [1.54, 1.807) is 0 Å². The number of piperidine rings is 2. The van der Waals surface area contributed by atoms with Crippen LogP contribution in [-0.4, -0.2) is 152 Å². The molecule has 0 spiro atoms. The van der Waals surface area contributed by atoms with E-state index >= 15 is 0 Å².